The molecule has 1 atom stereocenters. The summed E-state index contributed by atoms with van der Waals surface area (Å²) in [6.45, 7) is 11.1. The quantitative estimate of drug-likeness (QED) is 0.789. The Bertz CT molecular complexity index is 606. The van der Waals surface area contributed by atoms with Gasteiger partial charge in [-0.1, -0.05) is 11.6 Å². The monoisotopic (exact) mass is 361 g/mol. The molecule has 0 bridgehead atoms. The van der Waals surface area contributed by atoms with Crippen molar-refractivity contribution in [2.75, 3.05) is 52.4 Å². The molecule has 144 valence electrons. The van der Waals surface area contributed by atoms with Crippen molar-refractivity contribution in [3.63, 3.8) is 0 Å². The van der Waals surface area contributed by atoms with E-state index in [1.165, 1.54) is 25.8 Å². The van der Waals surface area contributed by atoms with Gasteiger partial charge in [0.2, 0.25) is 0 Å². The van der Waals surface area contributed by atoms with Gasteiger partial charge in [-0.05, 0) is 26.3 Å². The molecule has 1 unspecified atom stereocenters. The number of likely N-dealkylation sites (tertiary alicyclic amines) is 2. The van der Waals surface area contributed by atoms with E-state index in [1.54, 1.807) is 10.9 Å². The number of aromatic nitrogens is 3. The highest BCUT2D eigenvalue weighted by molar-refractivity contribution is 5.92. The number of piperazine rings is 1. The summed E-state index contributed by atoms with van der Waals surface area (Å²) in [5.74, 6) is 0.0272. The zero-order valence-electron chi connectivity index (χ0n) is 15.8. The van der Waals surface area contributed by atoms with Gasteiger partial charge in [0.1, 0.15) is 0 Å². The van der Waals surface area contributed by atoms with Crippen molar-refractivity contribution < 1.29 is 4.79 Å². The molecule has 0 spiro atoms. The highest BCUT2D eigenvalue weighted by atomic mass is 16.2. The highest BCUT2D eigenvalue weighted by Crippen LogP contribution is 2.25. The molecule has 0 radical (unpaired) electrons. The van der Waals surface area contributed by atoms with Gasteiger partial charge in [-0.15, -0.1) is 5.10 Å². The van der Waals surface area contributed by atoms with E-state index >= 15 is 0 Å². The van der Waals surface area contributed by atoms with Gasteiger partial charge in [-0.3, -0.25) is 19.3 Å². The van der Waals surface area contributed by atoms with Crippen LogP contribution in [0.5, 0.6) is 0 Å². The number of carbonyl (C=O) groups excluding carboxylic acids is 1. The van der Waals surface area contributed by atoms with Crippen molar-refractivity contribution in [2.24, 2.45) is 0 Å². The first-order chi connectivity index (χ1) is 12.7. The van der Waals surface area contributed by atoms with E-state index in [1.807, 2.05) is 4.90 Å². The molecule has 8 nitrogen and oxygen atoms in total. The molecule has 0 aromatic carbocycles. The number of rotatable bonds is 5. The Morgan fingerprint density at radius 1 is 1.19 bits per heavy atom. The molecule has 3 fully saturated rings. The van der Waals surface area contributed by atoms with Crippen LogP contribution in [-0.4, -0.2) is 100 Å². The Morgan fingerprint density at radius 3 is 2.77 bits per heavy atom. The minimum Gasteiger partial charge on any atom is -0.334 e. The largest absolute Gasteiger partial charge is 0.334 e. The van der Waals surface area contributed by atoms with E-state index in [4.69, 9.17) is 0 Å². The summed E-state index contributed by atoms with van der Waals surface area (Å²) in [7, 11) is 0. The molecule has 3 saturated heterocycles. The van der Waals surface area contributed by atoms with Crippen molar-refractivity contribution in [1.29, 1.82) is 0 Å². The Kier molecular flexibility index (Phi) is 5.52. The van der Waals surface area contributed by atoms with Crippen molar-refractivity contribution in [2.45, 2.75) is 44.8 Å². The van der Waals surface area contributed by atoms with Gasteiger partial charge in [-0.2, -0.15) is 0 Å². The minimum absolute atomic E-state index is 0.0272. The number of hydrogen-bond acceptors (Lipinski definition) is 6. The van der Waals surface area contributed by atoms with Crippen LogP contribution in [-0.2, 0) is 6.54 Å². The van der Waals surface area contributed by atoms with Crippen LogP contribution >= 0.6 is 0 Å². The smallest absolute Gasteiger partial charge is 0.276 e. The normalized spacial score (nSPS) is 26.0. The maximum Gasteiger partial charge on any atom is 0.276 e. The fourth-order valence-electron chi connectivity index (χ4n) is 4.34. The third kappa shape index (κ3) is 3.92. The SMILES string of the molecule is CC1CCCCN1C1CN(C(=O)c2cn(CCN3CCNCC3)nn2)C1. The zero-order valence-corrected chi connectivity index (χ0v) is 15.8. The third-order valence-corrected chi connectivity index (χ3v) is 6.09. The molecule has 1 amide bonds. The van der Waals surface area contributed by atoms with E-state index < -0.39 is 0 Å². The van der Waals surface area contributed by atoms with Crippen LogP contribution in [0.3, 0.4) is 0 Å². The van der Waals surface area contributed by atoms with E-state index in [0.717, 1.165) is 52.4 Å². The maximum absolute atomic E-state index is 12.6. The van der Waals surface area contributed by atoms with E-state index in [0.29, 0.717) is 17.8 Å². The van der Waals surface area contributed by atoms with Gasteiger partial charge >= 0.3 is 0 Å². The van der Waals surface area contributed by atoms with E-state index in [-0.39, 0.29) is 5.91 Å². The predicted molar refractivity (Wildman–Crippen MR) is 99.0 cm³/mol. The second-order valence-electron chi connectivity index (χ2n) is 7.91. The fraction of sp³-hybridized carbons (Fsp3) is 0.833. The third-order valence-electron chi connectivity index (χ3n) is 6.09. The first-order valence-corrected chi connectivity index (χ1v) is 10.1. The standard InChI is InChI=1S/C18H31N7O/c1-15-4-2-3-7-25(15)16-12-23(13-16)18(26)17-14-24(21-20-17)11-10-22-8-5-19-6-9-22/h14-16,19H,2-13H2,1H3. The first-order valence-electron chi connectivity index (χ1n) is 10.1. The summed E-state index contributed by atoms with van der Waals surface area (Å²) < 4.78 is 1.80. The van der Waals surface area contributed by atoms with E-state index in [9.17, 15) is 4.79 Å². The Morgan fingerprint density at radius 2 is 2.00 bits per heavy atom. The van der Waals surface area contributed by atoms with Crippen molar-refractivity contribution >= 4 is 5.91 Å². The molecular formula is C18H31N7O. The van der Waals surface area contributed by atoms with E-state index in [2.05, 4.69) is 32.4 Å². The number of carbonyl (C=O) groups is 1. The minimum atomic E-state index is 0.0272. The topological polar surface area (TPSA) is 69.5 Å². The Hall–Kier alpha value is -1.51. The molecule has 3 aliphatic rings. The Balaban J connectivity index is 1.25. The van der Waals surface area contributed by atoms with Gasteiger partial charge < -0.3 is 10.2 Å². The summed E-state index contributed by atoms with van der Waals surface area (Å²) >= 11 is 0. The van der Waals surface area contributed by atoms with Crippen molar-refractivity contribution in [3.8, 4) is 0 Å². The Labute approximate surface area is 155 Å². The van der Waals surface area contributed by atoms with Gasteiger partial charge in [0.25, 0.3) is 5.91 Å². The van der Waals surface area contributed by atoms with Gasteiger partial charge in [0.15, 0.2) is 5.69 Å². The molecule has 8 heteroatoms. The van der Waals surface area contributed by atoms with Crippen molar-refractivity contribution in [3.05, 3.63) is 11.9 Å². The number of amides is 1. The van der Waals surface area contributed by atoms with Crippen LogP contribution in [0, 0.1) is 0 Å². The van der Waals surface area contributed by atoms with Gasteiger partial charge in [0, 0.05) is 57.9 Å². The second-order valence-corrected chi connectivity index (χ2v) is 7.91. The maximum atomic E-state index is 12.6. The lowest BCUT2D eigenvalue weighted by molar-refractivity contribution is 0.00180. The molecule has 1 N–H and O–H groups in total. The summed E-state index contributed by atoms with van der Waals surface area (Å²) in [5.41, 5.74) is 0.482. The highest BCUT2D eigenvalue weighted by Gasteiger charge is 2.38. The summed E-state index contributed by atoms with van der Waals surface area (Å²) in [6.07, 6.45) is 5.72. The average molecular weight is 361 g/mol. The molecule has 0 aliphatic carbocycles. The lowest BCUT2D eigenvalue weighted by Crippen LogP contribution is -2.63. The molecule has 0 saturated carbocycles. The van der Waals surface area contributed by atoms with Gasteiger partial charge in [0.05, 0.1) is 12.7 Å². The number of nitrogens with zero attached hydrogens (tertiary/aromatic N) is 6. The van der Waals surface area contributed by atoms with Crippen molar-refractivity contribution in [1.82, 2.24) is 35.0 Å². The summed E-state index contributed by atoms with van der Waals surface area (Å²) in [5, 5.41) is 11.6. The molecule has 3 aliphatic heterocycles. The second kappa shape index (κ2) is 8.02. The lowest BCUT2D eigenvalue weighted by Gasteiger charge is -2.49. The average Bonchev–Trinajstić information content (AvgIpc) is 3.10. The van der Waals surface area contributed by atoms with Crippen LogP contribution in [0.2, 0.25) is 0 Å². The first kappa shape index (κ1) is 17.9. The van der Waals surface area contributed by atoms with Gasteiger partial charge in [-0.25, -0.2) is 0 Å². The zero-order chi connectivity index (χ0) is 17.9. The van der Waals surface area contributed by atoms with Crippen LogP contribution in [0.15, 0.2) is 6.20 Å². The van der Waals surface area contributed by atoms with Crippen LogP contribution in [0.25, 0.3) is 0 Å². The molecular weight excluding hydrogens is 330 g/mol. The summed E-state index contributed by atoms with van der Waals surface area (Å²) in [6, 6.07) is 1.17. The number of hydrogen-bond donors (Lipinski definition) is 1. The van der Waals surface area contributed by atoms with Crippen LogP contribution in [0.1, 0.15) is 36.7 Å². The predicted octanol–water partition coefficient (Wildman–Crippen LogP) is -0.118. The molecule has 4 heterocycles. The number of piperidine rings is 1. The number of nitrogens with one attached hydrogen (secondary N) is 1. The van der Waals surface area contributed by atoms with Crippen LogP contribution < -0.4 is 5.32 Å². The fourth-order valence-corrected chi connectivity index (χ4v) is 4.34. The molecule has 26 heavy (non-hydrogen) atoms. The molecule has 1 aromatic heterocycles. The summed E-state index contributed by atoms with van der Waals surface area (Å²) in [4.78, 5) is 19.5. The lowest BCUT2D eigenvalue weighted by atomic mass is 9.97. The molecule has 1 aromatic rings. The molecule has 4 rings (SSSR count). The van der Waals surface area contributed by atoms with Crippen LogP contribution in [0.4, 0.5) is 0 Å².